The summed E-state index contributed by atoms with van der Waals surface area (Å²) in [5.74, 6) is 2.13. The van der Waals surface area contributed by atoms with Crippen molar-refractivity contribution in [2.24, 2.45) is 4.99 Å². The van der Waals surface area contributed by atoms with Gasteiger partial charge < -0.3 is 15.0 Å². The summed E-state index contributed by atoms with van der Waals surface area (Å²) in [6.45, 7) is 2.77. The molecule has 10 nitrogen and oxygen atoms in total. The second-order valence-electron chi connectivity index (χ2n) is 7.07. The molecule has 0 saturated carbocycles. The molecule has 1 aromatic heterocycles. The largest absolute Gasteiger partial charge is 0.383 e. The van der Waals surface area contributed by atoms with Crippen molar-refractivity contribution in [1.29, 1.82) is 0 Å². The molecule has 0 radical (unpaired) electrons. The summed E-state index contributed by atoms with van der Waals surface area (Å²) in [6.07, 6.45) is 3.48. The molecular weight excluding hydrogens is 533 g/mol. The average Bonchev–Trinajstić information content (AvgIpc) is 3.30. The van der Waals surface area contributed by atoms with Crippen LogP contribution in [-0.4, -0.2) is 74.9 Å². The van der Waals surface area contributed by atoms with Crippen molar-refractivity contribution in [3.63, 3.8) is 0 Å². The lowest BCUT2D eigenvalue weighted by Gasteiger charge is -2.33. The third kappa shape index (κ3) is 7.12. The number of aromatic amines is 1. The van der Waals surface area contributed by atoms with Crippen LogP contribution in [0.2, 0.25) is 0 Å². The second-order valence-corrected chi connectivity index (χ2v) is 8.84. The Bertz CT molecular complexity index is 930. The summed E-state index contributed by atoms with van der Waals surface area (Å²) < 4.78 is 32.2. The summed E-state index contributed by atoms with van der Waals surface area (Å²) >= 11 is 0. The third-order valence-electron chi connectivity index (χ3n) is 5.08. The number of rotatable bonds is 8. The van der Waals surface area contributed by atoms with Gasteiger partial charge >= 0.3 is 0 Å². The zero-order valence-corrected chi connectivity index (χ0v) is 20.9. The van der Waals surface area contributed by atoms with Crippen LogP contribution in [0.4, 0.5) is 0 Å². The van der Waals surface area contributed by atoms with Crippen molar-refractivity contribution in [2.75, 3.05) is 40.4 Å². The van der Waals surface area contributed by atoms with Gasteiger partial charge in [0, 0.05) is 46.3 Å². The van der Waals surface area contributed by atoms with Crippen LogP contribution in [0.5, 0.6) is 0 Å². The standard InChI is InChI=1S/C19H29N7O3S.HI/c1-20-19(26-9-6-16(7-10-26)18-22-14-23-25-18)21-13-15-4-3-5-17(12-15)30(27,28)24-8-11-29-2;/h3-5,12,14,16,24H,6-11,13H2,1-2H3,(H,20,21)(H,22,23,25);1H. The third-order valence-corrected chi connectivity index (χ3v) is 6.54. The van der Waals surface area contributed by atoms with Gasteiger partial charge in [-0.3, -0.25) is 10.1 Å². The molecule has 172 valence electrons. The Hall–Kier alpha value is -1.77. The maximum Gasteiger partial charge on any atom is 0.240 e. The summed E-state index contributed by atoms with van der Waals surface area (Å²) in [4.78, 5) is 11.1. The Morgan fingerprint density at radius 1 is 1.35 bits per heavy atom. The summed E-state index contributed by atoms with van der Waals surface area (Å²) in [7, 11) is -0.272. The lowest BCUT2D eigenvalue weighted by Crippen LogP contribution is -2.45. The van der Waals surface area contributed by atoms with Gasteiger partial charge in [-0.25, -0.2) is 18.1 Å². The van der Waals surface area contributed by atoms with E-state index >= 15 is 0 Å². The number of ether oxygens (including phenoxy) is 1. The zero-order chi connectivity index (χ0) is 21.4. The van der Waals surface area contributed by atoms with Gasteiger partial charge in [-0.05, 0) is 30.5 Å². The van der Waals surface area contributed by atoms with Crippen LogP contribution >= 0.6 is 24.0 Å². The number of hydrogen-bond donors (Lipinski definition) is 3. The van der Waals surface area contributed by atoms with Crippen LogP contribution in [-0.2, 0) is 21.3 Å². The molecule has 3 N–H and O–H groups in total. The van der Waals surface area contributed by atoms with Gasteiger partial charge in [0.05, 0.1) is 11.5 Å². The Labute approximate surface area is 200 Å². The van der Waals surface area contributed by atoms with Gasteiger partial charge in [-0.15, -0.1) is 24.0 Å². The lowest BCUT2D eigenvalue weighted by molar-refractivity contribution is 0.204. The van der Waals surface area contributed by atoms with E-state index in [-0.39, 0.29) is 35.4 Å². The highest BCUT2D eigenvalue weighted by atomic mass is 127. The molecule has 0 atom stereocenters. The van der Waals surface area contributed by atoms with Crippen molar-refractivity contribution < 1.29 is 13.2 Å². The van der Waals surface area contributed by atoms with Crippen LogP contribution in [0.25, 0.3) is 0 Å². The summed E-state index contributed by atoms with van der Waals surface area (Å²) in [5.41, 5.74) is 0.863. The Morgan fingerprint density at radius 2 is 2.13 bits per heavy atom. The predicted octanol–water partition coefficient (Wildman–Crippen LogP) is 1.30. The van der Waals surface area contributed by atoms with Gasteiger partial charge in [0.2, 0.25) is 10.0 Å². The highest BCUT2D eigenvalue weighted by molar-refractivity contribution is 14.0. The Morgan fingerprint density at radius 3 is 2.77 bits per heavy atom. The van der Waals surface area contributed by atoms with Crippen molar-refractivity contribution in [1.82, 2.24) is 30.1 Å². The quantitative estimate of drug-likeness (QED) is 0.192. The Kier molecular flexibility index (Phi) is 10.1. The molecule has 2 aromatic rings. The molecule has 2 heterocycles. The number of H-pyrrole nitrogens is 1. The number of benzene rings is 1. The fourth-order valence-corrected chi connectivity index (χ4v) is 4.56. The number of likely N-dealkylation sites (tertiary alicyclic amines) is 1. The van der Waals surface area contributed by atoms with Crippen molar-refractivity contribution in [3.8, 4) is 0 Å². The molecule has 1 aliphatic rings. The van der Waals surface area contributed by atoms with E-state index in [1.165, 1.54) is 7.11 Å². The molecule has 1 fully saturated rings. The Balaban J connectivity index is 0.00000341. The van der Waals surface area contributed by atoms with Crippen LogP contribution in [0.1, 0.15) is 30.1 Å². The number of halogens is 1. The van der Waals surface area contributed by atoms with Gasteiger partial charge in [0.1, 0.15) is 12.2 Å². The smallest absolute Gasteiger partial charge is 0.240 e. The maximum atomic E-state index is 12.4. The molecule has 3 rings (SSSR count). The molecule has 1 aliphatic heterocycles. The first kappa shape index (κ1) is 25.5. The molecule has 0 aliphatic carbocycles. The van der Waals surface area contributed by atoms with Crippen molar-refractivity contribution in [2.45, 2.75) is 30.2 Å². The lowest BCUT2D eigenvalue weighted by atomic mass is 9.96. The zero-order valence-electron chi connectivity index (χ0n) is 17.7. The van der Waals surface area contributed by atoms with Crippen molar-refractivity contribution in [3.05, 3.63) is 42.0 Å². The normalized spacial score (nSPS) is 15.5. The number of methoxy groups -OCH3 is 1. The van der Waals surface area contributed by atoms with E-state index in [1.807, 2.05) is 6.07 Å². The highest BCUT2D eigenvalue weighted by Gasteiger charge is 2.24. The molecule has 0 bridgehead atoms. The first-order chi connectivity index (χ1) is 14.5. The number of hydrogen-bond acceptors (Lipinski definition) is 6. The van der Waals surface area contributed by atoms with E-state index in [9.17, 15) is 8.42 Å². The van der Waals surface area contributed by atoms with E-state index in [0.29, 0.717) is 19.1 Å². The predicted molar refractivity (Wildman–Crippen MR) is 129 cm³/mol. The summed E-state index contributed by atoms with van der Waals surface area (Å²) in [5, 5.41) is 10.2. The summed E-state index contributed by atoms with van der Waals surface area (Å²) in [6, 6.07) is 6.89. The molecule has 1 aromatic carbocycles. The molecule has 12 heteroatoms. The van der Waals surface area contributed by atoms with Crippen LogP contribution in [0, 0.1) is 0 Å². The van der Waals surface area contributed by atoms with Crippen molar-refractivity contribution >= 4 is 40.0 Å². The minimum Gasteiger partial charge on any atom is -0.383 e. The maximum absolute atomic E-state index is 12.4. The number of aliphatic imine (C=N–C) groups is 1. The van der Waals surface area contributed by atoms with E-state index in [4.69, 9.17) is 4.74 Å². The van der Waals surface area contributed by atoms with E-state index in [1.54, 1.807) is 31.6 Å². The minimum absolute atomic E-state index is 0. The van der Waals surface area contributed by atoms with Gasteiger partial charge in [-0.1, -0.05) is 12.1 Å². The number of aromatic nitrogens is 3. The molecule has 1 saturated heterocycles. The number of nitrogens with zero attached hydrogens (tertiary/aromatic N) is 4. The van der Waals surface area contributed by atoms with E-state index < -0.39 is 10.0 Å². The van der Waals surface area contributed by atoms with Gasteiger partial charge in [0.15, 0.2) is 5.96 Å². The molecule has 0 unspecified atom stereocenters. The van der Waals surface area contributed by atoms with Gasteiger partial charge in [0.25, 0.3) is 0 Å². The van der Waals surface area contributed by atoms with E-state index in [0.717, 1.165) is 43.3 Å². The van der Waals surface area contributed by atoms with E-state index in [2.05, 4.69) is 35.1 Å². The molecule has 0 spiro atoms. The fourth-order valence-electron chi connectivity index (χ4n) is 3.47. The van der Waals surface area contributed by atoms with Crippen LogP contribution in [0.15, 0.2) is 40.5 Å². The highest BCUT2D eigenvalue weighted by Crippen LogP contribution is 2.25. The first-order valence-electron chi connectivity index (χ1n) is 9.92. The second kappa shape index (κ2) is 12.3. The minimum atomic E-state index is -3.56. The number of guanidine groups is 1. The molecule has 31 heavy (non-hydrogen) atoms. The first-order valence-corrected chi connectivity index (χ1v) is 11.4. The number of nitrogens with one attached hydrogen (secondary N) is 3. The monoisotopic (exact) mass is 563 g/mol. The van der Waals surface area contributed by atoms with Gasteiger partial charge in [-0.2, -0.15) is 5.10 Å². The SMILES string of the molecule is CN=C(NCc1cccc(S(=O)(=O)NCCOC)c1)N1CCC(c2ncn[nH]2)CC1.I. The molecule has 0 amide bonds. The molecular formula is C19H30IN7O3S. The number of sulfonamides is 1. The average molecular weight is 563 g/mol. The van der Waals surface area contributed by atoms with Crippen LogP contribution in [0.3, 0.4) is 0 Å². The fraction of sp³-hybridized carbons (Fsp3) is 0.526. The van der Waals surface area contributed by atoms with Crippen LogP contribution < -0.4 is 10.0 Å². The number of piperidine rings is 1. The topological polar surface area (TPSA) is 125 Å².